The van der Waals surface area contributed by atoms with E-state index >= 15 is 0 Å². The van der Waals surface area contributed by atoms with Gasteiger partial charge in [0.15, 0.2) is 0 Å². The first-order valence-corrected chi connectivity index (χ1v) is 5.48. The SMILES string of the molecule is Cc1ccccc1NC(C)c1ccnn1C. The van der Waals surface area contributed by atoms with E-state index in [9.17, 15) is 0 Å². The van der Waals surface area contributed by atoms with Gasteiger partial charge in [-0.15, -0.1) is 0 Å². The molecule has 0 saturated carbocycles. The van der Waals surface area contributed by atoms with E-state index in [1.54, 1.807) is 0 Å². The van der Waals surface area contributed by atoms with Crippen molar-refractivity contribution >= 4 is 5.69 Å². The maximum Gasteiger partial charge on any atom is 0.0654 e. The van der Waals surface area contributed by atoms with Crippen molar-refractivity contribution in [1.29, 1.82) is 0 Å². The van der Waals surface area contributed by atoms with E-state index in [1.165, 1.54) is 16.9 Å². The number of aromatic nitrogens is 2. The van der Waals surface area contributed by atoms with Crippen molar-refractivity contribution in [3.8, 4) is 0 Å². The van der Waals surface area contributed by atoms with E-state index in [1.807, 2.05) is 30.1 Å². The first-order chi connectivity index (χ1) is 7.68. The zero-order valence-corrected chi connectivity index (χ0v) is 9.94. The summed E-state index contributed by atoms with van der Waals surface area (Å²) >= 11 is 0. The molecule has 0 fully saturated rings. The highest BCUT2D eigenvalue weighted by molar-refractivity contribution is 5.51. The van der Waals surface area contributed by atoms with Crippen molar-refractivity contribution in [1.82, 2.24) is 9.78 Å². The second kappa shape index (κ2) is 4.39. The molecule has 3 heteroatoms. The Labute approximate surface area is 96.1 Å². The lowest BCUT2D eigenvalue weighted by molar-refractivity contribution is 0.675. The summed E-state index contributed by atoms with van der Waals surface area (Å²) in [5.41, 5.74) is 3.62. The summed E-state index contributed by atoms with van der Waals surface area (Å²) in [6.45, 7) is 4.25. The molecule has 2 aromatic rings. The standard InChI is InChI=1S/C13H17N3/c1-10-6-4-5-7-12(10)15-11(2)13-8-9-14-16(13)3/h4-9,11,15H,1-3H3. The fourth-order valence-corrected chi connectivity index (χ4v) is 1.85. The molecule has 0 bridgehead atoms. The van der Waals surface area contributed by atoms with E-state index in [-0.39, 0.29) is 6.04 Å². The highest BCUT2D eigenvalue weighted by Crippen LogP contribution is 2.20. The summed E-state index contributed by atoms with van der Waals surface area (Å²) in [6, 6.07) is 10.6. The minimum Gasteiger partial charge on any atom is -0.377 e. The molecule has 2 rings (SSSR count). The Balaban J connectivity index is 2.17. The Bertz CT molecular complexity index is 474. The normalized spacial score (nSPS) is 12.4. The van der Waals surface area contributed by atoms with Gasteiger partial charge in [0.2, 0.25) is 0 Å². The molecule has 1 aromatic carbocycles. The van der Waals surface area contributed by atoms with Crippen LogP contribution in [0.15, 0.2) is 36.5 Å². The van der Waals surface area contributed by atoms with Crippen molar-refractivity contribution in [2.45, 2.75) is 19.9 Å². The summed E-state index contributed by atoms with van der Waals surface area (Å²) in [7, 11) is 1.96. The molecule has 0 aliphatic carbocycles. The van der Waals surface area contributed by atoms with Crippen LogP contribution >= 0.6 is 0 Å². The van der Waals surface area contributed by atoms with Gasteiger partial charge in [-0.2, -0.15) is 5.10 Å². The Morgan fingerprint density at radius 1 is 1.25 bits per heavy atom. The van der Waals surface area contributed by atoms with Gasteiger partial charge in [-0.25, -0.2) is 0 Å². The maximum atomic E-state index is 4.18. The van der Waals surface area contributed by atoms with E-state index < -0.39 is 0 Å². The molecule has 0 aliphatic rings. The summed E-state index contributed by atoms with van der Waals surface area (Å²) in [5, 5.41) is 7.67. The van der Waals surface area contributed by atoms with Crippen LogP contribution in [-0.2, 0) is 7.05 Å². The molecule has 1 heterocycles. The molecule has 1 unspecified atom stereocenters. The quantitative estimate of drug-likeness (QED) is 0.853. The Hall–Kier alpha value is -1.77. The van der Waals surface area contributed by atoms with Crippen molar-refractivity contribution < 1.29 is 0 Å². The first kappa shape index (κ1) is 10.7. The Morgan fingerprint density at radius 2 is 2.00 bits per heavy atom. The largest absolute Gasteiger partial charge is 0.377 e. The molecule has 3 nitrogen and oxygen atoms in total. The predicted molar refractivity (Wildman–Crippen MR) is 66.4 cm³/mol. The van der Waals surface area contributed by atoms with Crippen LogP contribution in [0.5, 0.6) is 0 Å². The van der Waals surface area contributed by atoms with Crippen LogP contribution in [0.2, 0.25) is 0 Å². The molecule has 1 atom stereocenters. The molecular weight excluding hydrogens is 198 g/mol. The minimum absolute atomic E-state index is 0.258. The van der Waals surface area contributed by atoms with E-state index in [2.05, 4.69) is 42.5 Å². The van der Waals surface area contributed by atoms with E-state index in [0.717, 1.165) is 0 Å². The third-order valence-corrected chi connectivity index (χ3v) is 2.82. The molecule has 16 heavy (non-hydrogen) atoms. The summed E-state index contributed by atoms with van der Waals surface area (Å²) in [6.07, 6.45) is 1.82. The molecule has 84 valence electrons. The van der Waals surface area contributed by atoms with Gasteiger partial charge in [0.05, 0.1) is 11.7 Å². The predicted octanol–water partition coefficient (Wildman–Crippen LogP) is 2.90. The van der Waals surface area contributed by atoms with Crippen LogP contribution in [0.4, 0.5) is 5.69 Å². The fourth-order valence-electron chi connectivity index (χ4n) is 1.85. The molecule has 1 aromatic heterocycles. The fraction of sp³-hybridized carbons (Fsp3) is 0.308. The van der Waals surface area contributed by atoms with Gasteiger partial charge in [0, 0.05) is 18.9 Å². The number of hydrogen-bond donors (Lipinski definition) is 1. The highest BCUT2D eigenvalue weighted by atomic mass is 15.3. The number of nitrogens with zero attached hydrogens (tertiary/aromatic N) is 2. The second-order valence-electron chi connectivity index (χ2n) is 4.06. The lowest BCUT2D eigenvalue weighted by atomic mass is 10.1. The smallest absolute Gasteiger partial charge is 0.0654 e. The molecule has 0 spiro atoms. The van der Waals surface area contributed by atoms with Crippen LogP contribution in [-0.4, -0.2) is 9.78 Å². The molecule has 0 radical (unpaired) electrons. The van der Waals surface area contributed by atoms with Gasteiger partial charge in [0.25, 0.3) is 0 Å². The summed E-state index contributed by atoms with van der Waals surface area (Å²) in [5.74, 6) is 0. The number of hydrogen-bond acceptors (Lipinski definition) is 2. The lowest BCUT2D eigenvalue weighted by Crippen LogP contribution is -2.11. The van der Waals surface area contributed by atoms with Crippen molar-refractivity contribution in [3.63, 3.8) is 0 Å². The van der Waals surface area contributed by atoms with Gasteiger partial charge in [-0.1, -0.05) is 18.2 Å². The molecule has 1 N–H and O–H groups in total. The lowest BCUT2D eigenvalue weighted by Gasteiger charge is -2.17. The molecule has 0 amide bonds. The van der Waals surface area contributed by atoms with E-state index in [4.69, 9.17) is 0 Å². The van der Waals surface area contributed by atoms with Gasteiger partial charge < -0.3 is 5.32 Å². The summed E-state index contributed by atoms with van der Waals surface area (Å²) in [4.78, 5) is 0. The van der Waals surface area contributed by atoms with Crippen LogP contribution in [0, 0.1) is 6.92 Å². The van der Waals surface area contributed by atoms with Crippen molar-refractivity contribution in [2.75, 3.05) is 5.32 Å². The van der Waals surface area contributed by atoms with Crippen LogP contribution < -0.4 is 5.32 Å². The van der Waals surface area contributed by atoms with Crippen molar-refractivity contribution in [3.05, 3.63) is 47.8 Å². The Kier molecular flexibility index (Phi) is 2.95. The van der Waals surface area contributed by atoms with Crippen LogP contribution in [0.25, 0.3) is 0 Å². The van der Waals surface area contributed by atoms with Crippen molar-refractivity contribution in [2.24, 2.45) is 7.05 Å². The van der Waals surface area contributed by atoms with E-state index in [0.29, 0.717) is 0 Å². The molecule has 0 aliphatic heterocycles. The number of aryl methyl sites for hydroxylation is 2. The summed E-state index contributed by atoms with van der Waals surface area (Å²) < 4.78 is 1.90. The van der Waals surface area contributed by atoms with Crippen LogP contribution in [0.3, 0.4) is 0 Å². The number of rotatable bonds is 3. The first-order valence-electron chi connectivity index (χ1n) is 5.48. The third-order valence-electron chi connectivity index (χ3n) is 2.82. The monoisotopic (exact) mass is 215 g/mol. The second-order valence-corrected chi connectivity index (χ2v) is 4.06. The average Bonchev–Trinajstić information content (AvgIpc) is 2.68. The zero-order chi connectivity index (χ0) is 11.5. The molecular formula is C13H17N3. The Morgan fingerprint density at radius 3 is 2.62 bits per heavy atom. The van der Waals surface area contributed by atoms with Gasteiger partial charge in [-0.3, -0.25) is 4.68 Å². The van der Waals surface area contributed by atoms with Gasteiger partial charge in [-0.05, 0) is 31.5 Å². The number of anilines is 1. The molecule has 0 saturated heterocycles. The third kappa shape index (κ3) is 2.08. The van der Waals surface area contributed by atoms with Crippen LogP contribution in [0.1, 0.15) is 24.2 Å². The number of benzene rings is 1. The van der Waals surface area contributed by atoms with Gasteiger partial charge >= 0.3 is 0 Å². The maximum absolute atomic E-state index is 4.18. The number of para-hydroxylation sites is 1. The topological polar surface area (TPSA) is 29.9 Å². The minimum atomic E-state index is 0.258. The highest BCUT2D eigenvalue weighted by Gasteiger charge is 2.09. The zero-order valence-electron chi connectivity index (χ0n) is 9.94. The van der Waals surface area contributed by atoms with Gasteiger partial charge in [0.1, 0.15) is 0 Å². The average molecular weight is 215 g/mol. The number of nitrogens with one attached hydrogen (secondary N) is 1.